The van der Waals surface area contributed by atoms with E-state index in [-0.39, 0.29) is 11.7 Å². The molecule has 1 aromatic heterocycles. The summed E-state index contributed by atoms with van der Waals surface area (Å²) in [6.45, 7) is 0. The third-order valence-electron chi connectivity index (χ3n) is 3.15. The first kappa shape index (κ1) is 13.6. The molecule has 2 aromatic rings. The molecule has 3 rings (SSSR count). The number of hydrogen-bond acceptors (Lipinski definition) is 4. The number of nitrogens with one attached hydrogen (secondary N) is 1. The molecule has 0 spiro atoms. The average Bonchev–Trinajstić information content (AvgIpc) is 3.08. The van der Waals surface area contributed by atoms with Crippen molar-refractivity contribution in [1.82, 2.24) is 15.1 Å². The van der Waals surface area contributed by atoms with Crippen LogP contribution in [-0.4, -0.2) is 35.9 Å². The zero-order valence-corrected chi connectivity index (χ0v) is 11.8. The fraction of sp³-hybridized carbons (Fsp3) is 0.143. The highest BCUT2D eigenvalue weighted by molar-refractivity contribution is 7.94. The highest BCUT2D eigenvalue weighted by Crippen LogP contribution is 2.15. The summed E-state index contributed by atoms with van der Waals surface area (Å²) in [6.07, 6.45) is 4.86. The average molecular weight is 303 g/mol. The summed E-state index contributed by atoms with van der Waals surface area (Å²) in [6, 6.07) is 8.30. The highest BCUT2D eigenvalue weighted by atomic mass is 32.2. The monoisotopic (exact) mass is 303 g/mol. The summed E-state index contributed by atoms with van der Waals surface area (Å²) >= 11 is 0. The van der Waals surface area contributed by atoms with Crippen molar-refractivity contribution in [3.05, 3.63) is 59.8 Å². The van der Waals surface area contributed by atoms with E-state index in [1.54, 1.807) is 41.3 Å². The van der Waals surface area contributed by atoms with E-state index in [9.17, 15) is 13.2 Å². The predicted octanol–water partition coefficient (Wildman–Crippen LogP) is 0.913. The molecule has 108 valence electrons. The Morgan fingerprint density at radius 1 is 1.29 bits per heavy atom. The van der Waals surface area contributed by atoms with Crippen LogP contribution in [0.3, 0.4) is 0 Å². The third kappa shape index (κ3) is 2.87. The lowest BCUT2D eigenvalue weighted by atomic mass is 10.1. The van der Waals surface area contributed by atoms with Gasteiger partial charge in [-0.2, -0.15) is 5.10 Å². The van der Waals surface area contributed by atoms with Gasteiger partial charge in [-0.3, -0.25) is 4.79 Å². The van der Waals surface area contributed by atoms with Gasteiger partial charge in [0.1, 0.15) is 0 Å². The van der Waals surface area contributed by atoms with Gasteiger partial charge in [-0.15, -0.1) is 0 Å². The van der Waals surface area contributed by atoms with Crippen molar-refractivity contribution >= 4 is 15.7 Å². The van der Waals surface area contributed by atoms with Crippen molar-refractivity contribution in [2.75, 3.05) is 5.75 Å². The number of sulfone groups is 1. The second-order valence-electron chi connectivity index (χ2n) is 4.71. The summed E-state index contributed by atoms with van der Waals surface area (Å²) in [5.41, 5.74) is 1.09. The fourth-order valence-corrected chi connectivity index (χ4v) is 3.42. The molecular weight excluding hydrogens is 290 g/mol. The van der Waals surface area contributed by atoms with Gasteiger partial charge in [0.05, 0.1) is 23.0 Å². The zero-order chi connectivity index (χ0) is 14.9. The number of amides is 1. The molecule has 7 heteroatoms. The molecule has 1 aromatic carbocycles. The van der Waals surface area contributed by atoms with Crippen molar-refractivity contribution in [2.24, 2.45) is 0 Å². The second-order valence-corrected chi connectivity index (χ2v) is 6.64. The van der Waals surface area contributed by atoms with Gasteiger partial charge in [-0.05, 0) is 24.3 Å². The van der Waals surface area contributed by atoms with E-state index >= 15 is 0 Å². The number of benzene rings is 1. The number of hydrogen-bond donors (Lipinski definition) is 1. The van der Waals surface area contributed by atoms with Gasteiger partial charge >= 0.3 is 0 Å². The molecule has 0 radical (unpaired) electrons. The van der Waals surface area contributed by atoms with E-state index in [0.717, 1.165) is 5.41 Å². The van der Waals surface area contributed by atoms with Gasteiger partial charge in [-0.25, -0.2) is 13.1 Å². The van der Waals surface area contributed by atoms with E-state index in [1.165, 1.54) is 6.08 Å². The van der Waals surface area contributed by atoms with Crippen LogP contribution in [0.15, 0.2) is 54.2 Å². The van der Waals surface area contributed by atoms with Crippen molar-refractivity contribution in [3.8, 4) is 5.69 Å². The molecule has 1 aliphatic rings. The minimum Gasteiger partial charge on any atom is -0.345 e. The highest BCUT2D eigenvalue weighted by Gasteiger charge is 2.24. The maximum Gasteiger partial charge on any atom is 0.253 e. The number of para-hydroxylation sites is 1. The summed E-state index contributed by atoms with van der Waals surface area (Å²) in [4.78, 5) is 12.3. The first-order valence-electron chi connectivity index (χ1n) is 6.36. The Labute approximate surface area is 122 Å². The molecule has 1 N–H and O–H groups in total. The van der Waals surface area contributed by atoms with Gasteiger partial charge < -0.3 is 5.32 Å². The lowest BCUT2D eigenvalue weighted by molar-refractivity contribution is 0.0947. The maximum atomic E-state index is 12.3. The van der Waals surface area contributed by atoms with Gasteiger partial charge in [0, 0.05) is 17.8 Å². The number of aromatic nitrogens is 2. The molecule has 1 aliphatic heterocycles. The largest absolute Gasteiger partial charge is 0.345 e. The smallest absolute Gasteiger partial charge is 0.253 e. The van der Waals surface area contributed by atoms with E-state index in [2.05, 4.69) is 10.4 Å². The van der Waals surface area contributed by atoms with Crippen LogP contribution in [0.5, 0.6) is 0 Å². The Hall–Kier alpha value is -2.41. The third-order valence-corrected chi connectivity index (χ3v) is 4.54. The van der Waals surface area contributed by atoms with E-state index < -0.39 is 15.9 Å². The van der Waals surface area contributed by atoms with Crippen molar-refractivity contribution in [3.63, 3.8) is 0 Å². The SMILES string of the molecule is O=C(N[C@H]1C=CS(=O)(=O)C1)c1ccccc1-n1cccn1. The van der Waals surface area contributed by atoms with E-state index in [1.807, 2.05) is 6.07 Å². The van der Waals surface area contributed by atoms with Gasteiger partial charge in [-0.1, -0.05) is 12.1 Å². The Bertz CT molecular complexity index is 795. The number of carbonyl (C=O) groups excluding carboxylic acids is 1. The molecule has 21 heavy (non-hydrogen) atoms. The van der Waals surface area contributed by atoms with Crippen LogP contribution in [0.2, 0.25) is 0 Å². The minimum atomic E-state index is -3.19. The molecule has 0 saturated heterocycles. The standard InChI is InChI=1S/C14H13N3O3S/c18-14(16-11-6-9-21(19,20)10-11)12-4-1-2-5-13(12)17-8-3-7-15-17/h1-9,11H,10H2,(H,16,18)/t11-/m0/s1. The van der Waals surface area contributed by atoms with Gasteiger partial charge in [0.25, 0.3) is 5.91 Å². The van der Waals surface area contributed by atoms with Crippen LogP contribution < -0.4 is 5.32 Å². The fourth-order valence-electron chi connectivity index (χ4n) is 2.19. The summed E-state index contributed by atoms with van der Waals surface area (Å²) in [5.74, 6) is -0.421. The second kappa shape index (κ2) is 5.17. The minimum absolute atomic E-state index is 0.0946. The van der Waals surface area contributed by atoms with E-state index in [0.29, 0.717) is 11.3 Å². The maximum absolute atomic E-state index is 12.3. The molecule has 0 fully saturated rings. The first-order chi connectivity index (χ1) is 10.1. The normalized spacial score (nSPS) is 19.5. The molecule has 0 unspecified atom stereocenters. The Kier molecular flexibility index (Phi) is 3.34. The van der Waals surface area contributed by atoms with Crippen LogP contribution in [0.25, 0.3) is 5.69 Å². The lowest BCUT2D eigenvalue weighted by Crippen LogP contribution is -2.36. The molecule has 2 heterocycles. The van der Waals surface area contributed by atoms with Gasteiger partial charge in [0.15, 0.2) is 9.84 Å². The van der Waals surface area contributed by atoms with E-state index in [4.69, 9.17) is 0 Å². The van der Waals surface area contributed by atoms with Crippen LogP contribution in [0.1, 0.15) is 10.4 Å². The lowest BCUT2D eigenvalue weighted by Gasteiger charge is -2.13. The van der Waals surface area contributed by atoms with Crippen molar-refractivity contribution < 1.29 is 13.2 Å². The summed E-state index contributed by atoms with van der Waals surface area (Å²) in [5, 5.41) is 7.95. The molecule has 1 amide bonds. The quantitative estimate of drug-likeness (QED) is 0.914. The van der Waals surface area contributed by atoms with Crippen molar-refractivity contribution in [2.45, 2.75) is 6.04 Å². The number of nitrogens with zero attached hydrogens (tertiary/aromatic N) is 2. The topological polar surface area (TPSA) is 81.1 Å². The van der Waals surface area contributed by atoms with Crippen LogP contribution in [-0.2, 0) is 9.84 Å². The number of carbonyl (C=O) groups is 1. The van der Waals surface area contributed by atoms with Crippen LogP contribution in [0.4, 0.5) is 0 Å². The number of rotatable bonds is 3. The predicted molar refractivity (Wildman–Crippen MR) is 77.7 cm³/mol. The molecule has 1 atom stereocenters. The van der Waals surface area contributed by atoms with Crippen molar-refractivity contribution in [1.29, 1.82) is 0 Å². The molecule has 0 bridgehead atoms. The summed E-state index contributed by atoms with van der Waals surface area (Å²) in [7, 11) is -3.19. The molecular formula is C14H13N3O3S. The summed E-state index contributed by atoms with van der Waals surface area (Å²) < 4.78 is 24.3. The zero-order valence-electron chi connectivity index (χ0n) is 11.0. The molecule has 0 saturated carbocycles. The van der Waals surface area contributed by atoms with Gasteiger partial charge in [0.2, 0.25) is 0 Å². The first-order valence-corrected chi connectivity index (χ1v) is 8.07. The Balaban J connectivity index is 1.85. The molecule has 6 nitrogen and oxygen atoms in total. The Morgan fingerprint density at radius 3 is 2.76 bits per heavy atom. The molecule has 0 aliphatic carbocycles. The van der Waals surface area contributed by atoms with Crippen LogP contribution >= 0.6 is 0 Å². The Morgan fingerprint density at radius 2 is 2.10 bits per heavy atom. The van der Waals surface area contributed by atoms with Crippen LogP contribution in [0, 0.1) is 0 Å².